The van der Waals surface area contributed by atoms with E-state index in [-0.39, 0.29) is 11.3 Å². The first-order valence-corrected chi connectivity index (χ1v) is 8.18. The molecule has 0 aliphatic heterocycles. The van der Waals surface area contributed by atoms with Crippen LogP contribution in [-0.2, 0) is 4.74 Å². The molecule has 3 nitrogen and oxygen atoms in total. The molecule has 6 heteroatoms. The van der Waals surface area contributed by atoms with Gasteiger partial charge in [-0.2, -0.15) is 0 Å². The van der Waals surface area contributed by atoms with Crippen LogP contribution in [0.3, 0.4) is 0 Å². The maximum absolute atomic E-state index is 12.0. The van der Waals surface area contributed by atoms with Crippen LogP contribution in [0, 0.1) is 5.41 Å². The van der Waals surface area contributed by atoms with Crippen LogP contribution in [-0.4, -0.2) is 26.2 Å². The summed E-state index contributed by atoms with van der Waals surface area (Å²) in [7, 11) is 1.72. The van der Waals surface area contributed by atoms with E-state index in [0.717, 1.165) is 32.7 Å². The zero-order valence-corrected chi connectivity index (χ0v) is 14.1. The third-order valence-corrected chi connectivity index (χ3v) is 6.54. The van der Waals surface area contributed by atoms with E-state index in [2.05, 4.69) is 37.2 Å². The fourth-order valence-corrected chi connectivity index (χ4v) is 3.78. The predicted octanol–water partition coefficient (Wildman–Crippen LogP) is 3.82. The SMILES string of the molecule is COCCC1(CNC(=O)c2cc(Br)c(Br)s2)CC1. The van der Waals surface area contributed by atoms with Crippen LogP contribution < -0.4 is 5.32 Å². The minimum atomic E-state index is 0.00934. The molecule has 1 aromatic rings. The first-order chi connectivity index (χ1) is 8.56. The average Bonchev–Trinajstić information content (AvgIpc) is 3.05. The second-order valence-electron chi connectivity index (χ2n) is 4.66. The van der Waals surface area contributed by atoms with Crippen molar-refractivity contribution in [3.8, 4) is 0 Å². The van der Waals surface area contributed by atoms with Gasteiger partial charge >= 0.3 is 0 Å². The molecule has 100 valence electrons. The Kier molecular flexibility index (Phi) is 4.86. The van der Waals surface area contributed by atoms with Gasteiger partial charge in [0.25, 0.3) is 5.91 Å². The van der Waals surface area contributed by atoms with Crippen LogP contribution >= 0.6 is 43.2 Å². The largest absolute Gasteiger partial charge is 0.385 e. The van der Waals surface area contributed by atoms with Crippen LogP contribution in [0.5, 0.6) is 0 Å². The van der Waals surface area contributed by atoms with E-state index in [9.17, 15) is 4.79 Å². The number of carbonyl (C=O) groups excluding carboxylic acids is 1. The van der Waals surface area contributed by atoms with Gasteiger partial charge in [-0.15, -0.1) is 11.3 Å². The van der Waals surface area contributed by atoms with E-state index < -0.39 is 0 Å². The molecule has 1 heterocycles. The first-order valence-electron chi connectivity index (χ1n) is 5.78. The summed E-state index contributed by atoms with van der Waals surface area (Å²) in [6.45, 7) is 1.52. The van der Waals surface area contributed by atoms with E-state index >= 15 is 0 Å². The highest BCUT2D eigenvalue weighted by molar-refractivity contribution is 9.13. The number of hydrogen-bond donors (Lipinski definition) is 1. The van der Waals surface area contributed by atoms with Gasteiger partial charge in [-0.25, -0.2) is 0 Å². The molecule has 1 N–H and O–H groups in total. The normalized spacial score (nSPS) is 16.6. The Morgan fingerprint density at radius 1 is 1.56 bits per heavy atom. The Labute approximate surface area is 128 Å². The average molecular weight is 397 g/mol. The summed E-state index contributed by atoms with van der Waals surface area (Å²) < 4.78 is 6.99. The Hall–Kier alpha value is 0.0900. The Bertz CT molecular complexity index is 424. The summed E-state index contributed by atoms with van der Waals surface area (Å²) in [6.07, 6.45) is 3.41. The predicted molar refractivity (Wildman–Crippen MR) is 80.2 cm³/mol. The molecule has 0 saturated heterocycles. The number of carbonyl (C=O) groups is 1. The molecule has 0 radical (unpaired) electrons. The van der Waals surface area contributed by atoms with Crippen molar-refractivity contribution < 1.29 is 9.53 Å². The lowest BCUT2D eigenvalue weighted by Gasteiger charge is -2.14. The van der Waals surface area contributed by atoms with Crippen LogP contribution in [0.15, 0.2) is 14.3 Å². The summed E-state index contributed by atoms with van der Waals surface area (Å²) in [6, 6.07) is 1.85. The molecule has 1 saturated carbocycles. The lowest BCUT2D eigenvalue weighted by atomic mass is 10.0. The number of rotatable bonds is 6. The van der Waals surface area contributed by atoms with Gasteiger partial charge in [-0.05, 0) is 62.6 Å². The molecule has 1 amide bonds. The standard InChI is InChI=1S/C12H15Br2NO2S/c1-17-5-4-12(2-3-12)7-15-11(16)9-6-8(13)10(14)18-9/h6H,2-5,7H2,1H3,(H,15,16). The zero-order valence-electron chi connectivity index (χ0n) is 10.1. The van der Waals surface area contributed by atoms with Gasteiger partial charge in [0.15, 0.2) is 0 Å². The molecule has 1 fully saturated rings. The number of amides is 1. The molecular formula is C12H15Br2NO2S. The van der Waals surface area contributed by atoms with Crippen molar-refractivity contribution in [2.75, 3.05) is 20.3 Å². The minimum absolute atomic E-state index is 0.00934. The lowest BCUT2D eigenvalue weighted by molar-refractivity contribution is 0.0942. The monoisotopic (exact) mass is 395 g/mol. The molecule has 0 aromatic carbocycles. The zero-order chi connectivity index (χ0) is 13.2. The molecule has 0 spiro atoms. The number of halogens is 2. The topological polar surface area (TPSA) is 38.3 Å². The van der Waals surface area contributed by atoms with Crippen molar-refractivity contribution in [2.24, 2.45) is 5.41 Å². The number of ether oxygens (including phenoxy) is 1. The lowest BCUT2D eigenvalue weighted by Crippen LogP contribution is -2.30. The van der Waals surface area contributed by atoms with Crippen LogP contribution in [0.2, 0.25) is 0 Å². The van der Waals surface area contributed by atoms with Gasteiger partial charge in [-0.3, -0.25) is 4.79 Å². The van der Waals surface area contributed by atoms with Crippen molar-refractivity contribution in [1.29, 1.82) is 0 Å². The van der Waals surface area contributed by atoms with Crippen LogP contribution in [0.1, 0.15) is 28.9 Å². The van der Waals surface area contributed by atoms with Crippen LogP contribution in [0.25, 0.3) is 0 Å². The number of nitrogens with one attached hydrogen (secondary N) is 1. The van der Waals surface area contributed by atoms with E-state index in [1.807, 2.05) is 6.07 Å². The maximum Gasteiger partial charge on any atom is 0.261 e. The Morgan fingerprint density at radius 2 is 2.28 bits per heavy atom. The van der Waals surface area contributed by atoms with Gasteiger partial charge in [-0.1, -0.05) is 0 Å². The molecule has 1 aromatic heterocycles. The fraction of sp³-hybridized carbons (Fsp3) is 0.583. The smallest absolute Gasteiger partial charge is 0.261 e. The van der Waals surface area contributed by atoms with Crippen molar-refractivity contribution in [3.63, 3.8) is 0 Å². The van der Waals surface area contributed by atoms with Gasteiger partial charge in [0.05, 0.1) is 8.66 Å². The van der Waals surface area contributed by atoms with E-state index in [1.54, 1.807) is 7.11 Å². The van der Waals surface area contributed by atoms with Gasteiger partial charge in [0.2, 0.25) is 0 Å². The highest BCUT2D eigenvalue weighted by Crippen LogP contribution is 2.48. The molecule has 0 unspecified atom stereocenters. The summed E-state index contributed by atoms with van der Waals surface area (Å²) in [5.41, 5.74) is 0.289. The second kappa shape index (κ2) is 6.03. The molecule has 1 aliphatic rings. The molecule has 2 rings (SSSR count). The van der Waals surface area contributed by atoms with Crippen molar-refractivity contribution in [1.82, 2.24) is 5.32 Å². The molecule has 1 aliphatic carbocycles. The van der Waals surface area contributed by atoms with Gasteiger partial charge < -0.3 is 10.1 Å². The molecular weight excluding hydrogens is 382 g/mol. The highest BCUT2D eigenvalue weighted by Gasteiger charge is 2.42. The van der Waals surface area contributed by atoms with Crippen molar-refractivity contribution in [3.05, 3.63) is 19.2 Å². The molecule has 18 heavy (non-hydrogen) atoms. The Morgan fingerprint density at radius 3 is 2.78 bits per heavy atom. The molecule has 0 atom stereocenters. The van der Waals surface area contributed by atoms with E-state index in [4.69, 9.17) is 4.74 Å². The van der Waals surface area contributed by atoms with Crippen molar-refractivity contribution >= 4 is 49.1 Å². The third kappa shape index (κ3) is 3.56. The quantitative estimate of drug-likeness (QED) is 0.793. The number of methoxy groups -OCH3 is 1. The number of hydrogen-bond acceptors (Lipinski definition) is 3. The molecule has 0 bridgehead atoms. The summed E-state index contributed by atoms with van der Waals surface area (Å²) in [4.78, 5) is 12.7. The fourth-order valence-electron chi connectivity index (χ4n) is 1.82. The maximum atomic E-state index is 12.0. The highest BCUT2D eigenvalue weighted by atomic mass is 79.9. The van der Waals surface area contributed by atoms with Gasteiger partial charge in [0.1, 0.15) is 0 Å². The summed E-state index contributed by atoms with van der Waals surface area (Å²) in [5, 5.41) is 3.03. The van der Waals surface area contributed by atoms with Gasteiger partial charge in [0, 0.05) is 24.7 Å². The number of thiophene rings is 1. The Balaban J connectivity index is 1.85. The third-order valence-electron chi connectivity index (χ3n) is 3.29. The van der Waals surface area contributed by atoms with E-state index in [1.165, 1.54) is 24.2 Å². The van der Waals surface area contributed by atoms with Crippen molar-refractivity contribution in [2.45, 2.75) is 19.3 Å². The minimum Gasteiger partial charge on any atom is -0.385 e. The summed E-state index contributed by atoms with van der Waals surface area (Å²) >= 11 is 8.23. The first kappa shape index (κ1) is 14.5. The van der Waals surface area contributed by atoms with Crippen LogP contribution in [0.4, 0.5) is 0 Å². The summed E-state index contributed by atoms with van der Waals surface area (Å²) in [5.74, 6) is 0.00934. The second-order valence-corrected chi connectivity index (χ2v) is 7.88. The van der Waals surface area contributed by atoms with E-state index in [0.29, 0.717) is 0 Å².